The van der Waals surface area contributed by atoms with Gasteiger partial charge in [-0.2, -0.15) is 0 Å². The lowest BCUT2D eigenvalue weighted by Crippen LogP contribution is -2.38. The van der Waals surface area contributed by atoms with E-state index in [-0.39, 0.29) is 24.3 Å². The summed E-state index contributed by atoms with van der Waals surface area (Å²) in [5.74, 6) is 0.283. The standard InChI is InChI=1S/C19H25ClN4O3S/c1-5-24-18(14-6-8-15(20)9-7-14)22-23-19(24)28-11-17(26)27-10-16(25)21-13(4)12(2)3/h6-9,12-13H,5,10-11H2,1-4H3,(H,21,25)/t13-/m0/s1. The molecule has 0 aliphatic rings. The van der Waals surface area contributed by atoms with Crippen molar-refractivity contribution in [3.05, 3.63) is 29.3 Å². The lowest BCUT2D eigenvalue weighted by Gasteiger charge is -2.17. The fourth-order valence-corrected chi connectivity index (χ4v) is 3.19. The number of benzene rings is 1. The summed E-state index contributed by atoms with van der Waals surface area (Å²) >= 11 is 7.16. The minimum atomic E-state index is -0.476. The molecule has 1 amide bonds. The number of nitrogens with zero attached hydrogens (tertiary/aromatic N) is 3. The topological polar surface area (TPSA) is 86.1 Å². The van der Waals surface area contributed by atoms with Gasteiger partial charge >= 0.3 is 5.97 Å². The van der Waals surface area contributed by atoms with Crippen molar-refractivity contribution in [1.82, 2.24) is 20.1 Å². The predicted molar refractivity (Wildman–Crippen MR) is 110 cm³/mol. The third-order valence-corrected chi connectivity index (χ3v) is 5.40. The summed E-state index contributed by atoms with van der Waals surface area (Å²) in [6.45, 7) is 8.28. The van der Waals surface area contributed by atoms with Crippen LogP contribution in [-0.4, -0.2) is 45.0 Å². The molecule has 1 heterocycles. The van der Waals surface area contributed by atoms with Gasteiger partial charge in [-0.25, -0.2) is 0 Å². The lowest BCUT2D eigenvalue weighted by molar-refractivity contribution is -0.146. The van der Waals surface area contributed by atoms with E-state index in [0.717, 1.165) is 5.56 Å². The molecular formula is C19H25ClN4O3S. The molecule has 0 fully saturated rings. The lowest BCUT2D eigenvalue weighted by atomic mass is 10.1. The van der Waals surface area contributed by atoms with Gasteiger partial charge in [-0.1, -0.05) is 37.2 Å². The summed E-state index contributed by atoms with van der Waals surface area (Å²) in [4.78, 5) is 23.7. The molecule has 0 saturated heterocycles. The molecule has 0 spiro atoms. The highest BCUT2D eigenvalue weighted by Gasteiger charge is 2.16. The Balaban J connectivity index is 1.89. The second-order valence-electron chi connectivity index (χ2n) is 6.61. The highest BCUT2D eigenvalue weighted by Crippen LogP contribution is 2.25. The fraction of sp³-hybridized carbons (Fsp3) is 0.474. The number of carbonyl (C=O) groups excluding carboxylic acids is 2. The van der Waals surface area contributed by atoms with Crippen LogP contribution in [0.25, 0.3) is 11.4 Å². The number of nitrogens with one attached hydrogen (secondary N) is 1. The van der Waals surface area contributed by atoms with Crippen molar-refractivity contribution < 1.29 is 14.3 Å². The molecule has 1 aromatic heterocycles. The van der Waals surface area contributed by atoms with E-state index in [4.69, 9.17) is 16.3 Å². The van der Waals surface area contributed by atoms with E-state index in [1.807, 2.05) is 44.4 Å². The molecule has 152 valence electrons. The van der Waals surface area contributed by atoms with Gasteiger partial charge in [0.15, 0.2) is 17.6 Å². The van der Waals surface area contributed by atoms with E-state index < -0.39 is 5.97 Å². The summed E-state index contributed by atoms with van der Waals surface area (Å²) in [6, 6.07) is 7.35. The van der Waals surface area contributed by atoms with Crippen LogP contribution in [0.2, 0.25) is 5.02 Å². The Kier molecular flexibility index (Phi) is 8.32. The zero-order valence-corrected chi connectivity index (χ0v) is 18.0. The van der Waals surface area contributed by atoms with Gasteiger partial charge in [-0.05, 0) is 44.0 Å². The first-order valence-corrected chi connectivity index (χ1v) is 10.4. The summed E-state index contributed by atoms with van der Waals surface area (Å²) < 4.78 is 6.96. The van der Waals surface area contributed by atoms with Gasteiger partial charge < -0.3 is 14.6 Å². The number of hydrogen-bond acceptors (Lipinski definition) is 6. The third kappa shape index (κ3) is 6.24. The van der Waals surface area contributed by atoms with Crippen molar-refractivity contribution in [2.75, 3.05) is 12.4 Å². The maximum atomic E-state index is 12.0. The van der Waals surface area contributed by atoms with Crippen LogP contribution >= 0.6 is 23.4 Å². The molecule has 0 aliphatic carbocycles. The minimum Gasteiger partial charge on any atom is -0.455 e. The first-order valence-electron chi connectivity index (χ1n) is 9.08. The molecule has 1 N–H and O–H groups in total. The number of ether oxygens (including phenoxy) is 1. The van der Waals surface area contributed by atoms with Gasteiger partial charge in [0.25, 0.3) is 5.91 Å². The number of rotatable bonds is 9. The van der Waals surface area contributed by atoms with Crippen LogP contribution in [0.1, 0.15) is 27.7 Å². The second-order valence-corrected chi connectivity index (χ2v) is 7.99. The Morgan fingerprint density at radius 3 is 2.50 bits per heavy atom. The zero-order valence-electron chi connectivity index (χ0n) is 16.4. The largest absolute Gasteiger partial charge is 0.455 e. The molecule has 0 aliphatic heterocycles. The van der Waals surface area contributed by atoms with Crippen LogP contribution in [0.5, 0.6) is 0 Å². The summed E-state index contributed by atoms with van der Waals surface area (Å²) in [7, 11) is 0. The Bertz CT molecular complexity index is 808. The van der Waals surface area contributed by atoms with E-state index in [2.05, 4.69) is 15.5 Å². The zero-order chi connectivity index (χ0) is 20.7. The quantitative estimate of drug-likeness (QED) is 0.490. The molecule has 0 saturated carbocycles. The Labute approximate surface area is 174 Å². The maximum Gasteiger partial charge on any atom is 0.316 e. The highest BCUT2D eigenvalue weighted by molar-refractivity contribution is 7.99. The fourth-order valence-electron chi connectivity index (χ4n) is 2.27. The van der Waals surface area contributed by atoms with E-state index in [0.29, 0.717) is 28.5 Å². The first-order chi connectivity index (χ1) is 13.3. The minimum absolute atomic E-state index is 0.0231. The third-order valence-electron chi connectivity index (χ3n) is 4.21. The number of thioether (sulfide) groups is 1. The van der Waals surface area contributed by atoms with Gasteiger partial charge in [-0.3, -0.25) is 9.59 Å². The van der Waals surface area contributed by atoms with Crippen molar-refractivity contribution in [3.8, 4) is 11.4 Å². The molecule has 0 radical (unpaired) electrons. The van der Waals surface area contributed by atoms with Gasteiger partial charge in [0.05, 0.1) is 5.75 Å². The Morgan fingerprint density at radius 2 is 1.89 bits per heavy atom. The smallest absolute Gasteiger partial charge is 0.316 e. The molecule has 7 nitrogen and oxygen atoms in total. The van der Waals surface area contributed by atoms with Crippen molar-refractivity contribution in [2.45, 2.75) is 45.4 Å². The summed E-state index contributed by atoms with van der Waals surface area (Å²) in [6.07, 6.45) is 0. The average Bonchev–Trinajstić information content (AvgIpc) is 3.08. The Hall–Kier alpha value is -2.06. The molecular weight excluding hydrogens is 400 g/mol. The van der Waals surface area contributed by atoms with Crippen LogP contribution in [0.3, 0.4) is 0 Å². The average molecular weight is 425 g/mol. The monoisotopic (exact) mass is 424 g/mol. The van der Waals surface area contributed by atoms with Crippen molar-refractivity contribution in [1.29, 1.82) is 0 Å². The predicted octanol–water partition coefficient (Wildman–Crippen LogP) is 3.41. The van der Waals surface area contributed by atoms with E-state index in [9.17, 15) is 9.59 Å². The van der Waals surface area contributed by atoms with Crippen LogP contribution in [-0.2, 0) is 20.9 Å². The van der Waals surface area contributed by atoms with Crippen LogP contribution in [0.4, 0.5) is 0 Å². The number of esters is 1. The number of amides is 1. The van der Waals surface area contributed by atoms with E-state index >= 15 is 0 Å². The van der Waals surface area contributed by atoms with Gasteiger partial charge in [0, 0.05) is 23.2 Å². The summed E-state index contributed by atoms with van der Waals surface area (Å²) in [5.41, 5.74) is 0.893. The van der Waals surface area contributed by atoms with Crippen molar-refractivity contribution in [3.63, 3.8) is 0 Å². The van der Waals surface area contributed by atoms with E-state index in [1.54, 1.807) is 12.1 Å². The van der Waals surface area contributed by atoms with Gasteiger partial charge in [-0.15, -0.1) is 10.2 Å². The van der Waals surface area contributed by atoms with E-state index in [1.165, 1.54) is 11.8 Å². The summed E-state index contributed by atoms with van der Waals surface area (Å²) in [5, 5.41) is 12.4. The molecule has 0 unspecified atom stereocenters. The van der Waals surface area contributed by atoms with Crippen LogP contribution < -0.4 is 5.32 Å². The van der Waals surface area contributed by atoms with Crippen LogP contribution in [0.15, 0.2) is 29.4 Å². The molecule has 2 rings (SSSR count). The Morgan fingerprint density at radius 1 is 1.21 bits per heavy atom. The SMILES string of the molecule is CCn1c(SCC(=O)OCC(=O)N[C@@H](C)C(C)C)nnc1-c1ccc(Cl)cc1. The van der Waals surface area contributed by atoms with Gasteiger partial charge in [0.1, 0.15) is 0 Å². The second kappa shape index (κ2) is 10.5. The number of aromatic nitrogens is 3. The maximum absolute atomic E-state index is 12.0. The highest BCUT2D eigenvalue weighted by atomic mass is 35.5. The molecule has 1 aromatic carbocycles. The molecule has 2 aromatic rings. The molecule has 1 atom stereocenters. The number of carbonyl (C=O) groups is 2. The van der Waals surface area contributed by atoms with Gasteiger partial charge in [0.2, 0.25) is 0 Å². The molecule has 28 heavy (non-hydrogen) atoms. The normalized spacial score (nSPS) is 12.1. The van der Waals surface area contributed by atoms with Crippen molar-refractivity contribution >= 4 is 35.2 Å². The molecule has 0 bridgehead atoms. The molecule has 9 heteroatoms. The number of hydrogen-bond donors (Lipinski definition) is 1. The first kappa shape index (κ1) is 22.2. The van der Waals surface area contributed by atoms with Crippen molar-refractivity contribution in [2.24, 2.45) is 5.92 Å². The number of halogens is 1. The van der Waals surface area contributed by atoms with Crippen LogP contribution in [0, 0.1) is 5.92 Å².